The van der Waals surface area contributed by atoms with Crippen LogP contribution >= 0.6 is 0 Å². The van der Waals surface area contributed by atoms with Gasteiger partial charge in [-0.05, 0) is 72.3 Å². The van der Waals surface area contributed by atoms with Crippen LogP contribution in [-0.4, -0.2) is 19.6 Å². The van der Waals surface area contributed by atoms with Crippen LogP contribution in [0.3, 0.4) is 0 Å². The van der Waals surface area contributed by atoms with E-state index in [1.165, 1.54) is 23.8 Å². The van der Waals surface area contributed by atoms with Gasteiger partial charge >= 0.3 is 5.97 Å². The molecule has 0 amide bonds. The van der Waals surface area contributed by atoms with Crippen molar-refractivity contribution >= 4 is 5.97 Å². The van der Waals surface area contributed by atoms with Crippen molar-refractivity contribution in [1.29, 1.82) is 5.26 Å². The van der Waals surface area contributed by atoms with Gasteiger partial charge in [-0.3, -0.25) is 4.79 Å². The molecule has 0 saturated heterocycles. The molecule has 0 aliphatic carbocycles. The number of rotatable bonds is 15. The molecule has 42 heavy (non-hydrogen) atoms. The fraction of sp³-hybridized carbons (Fsp3) is 0.278. The van der Waals surface area contributed by atoms with E-state index in [0.717, 1.165) is 54.0 Å². The molecule has 216 valence electrons. The Kier molecular flexibility index (Phi) is 11.6. The molecule has 0 saturated carbocycles. The highest BCUT2D eigenvalue weighted by molar-refractivity contribution is 5.69. The molecule has 0 fully saturated rings. The number of esters is 1. The second kappa shape index (κ2) is 16.0. The van der Waals surface area contributed by atoms with Crippen molar-refractivity contribution in [3.05, 3.63) is 119 Å². The molecule has 6 heteroatoms. The maximum absolute atomic E-state index is 11.3. The number of hydrogen-bond donors (Lipinski definition) is 1. The fourth-order valence-corrected chi connectivity index (χ4v) is 4.75. The molecule has 0 bridgehead atoms. The molecule has 4 rings (SSSR count). The topological polar surface area (TPSA) is 80.6 Å². The first-order valence-corrected chi connectivity index (χ1v) is 14.4. The molecule has 6 nitrogen and oxygen atoms in total. The first kappa shape index (κ1) is 30.4. The summed E-state index contributed by atoms with van der Waals surface area (Å²) in [5.74, 6) is 1.31. The molecule has 4 aromatic rings. The van der Waals surface area contributed by atoms with E-state index in [1.54, 1.807) is 6.07 Å². The molecule has 0 spiro atoms. The molecule has 0 atom stereocenters. The summed E-state index contributed by atoms with van der Waals surface area (Å²) in [6, 6.07) is 32.3. The third-order valence-electron chi connectivity index (χ3n) is 7.19. The fourth-order valence-electron chi connectivity index (χ4n) is 4.75. The lowest BCUT2D eigenvalue weighted by atomic mass is 9.97. The zero-order valence-corrected chi connectivity index (χ0v) is 24.4. The van der Waals surface area contributed by atoms with Gasteiger partial charge in [-0.25, -0.2) is 0 Å². The minimum atomic E-state index is -0.161. The van der Waals surface area contributed by atoms with E-state index in [2.05, 4.69) is 60.8 Å². The molecule has 0 aliphatic rings. The second-order valence-electron chi connectivity index (χ2n) is 10.2. The van der Waals surface area contributed by atoms with Gasteiger partial charge in [0.15, 0.2) is 0 Å². The third kappa shape index (κ3) is 8.95. The van der Waals surface area contributed by atoms with Crippen molar-refractivity contribution in [3.63, 3.8) is 0 Å². The summed E-state index contributed by atoms with van der Waals surface area (Å²) in [6.45, 7) is 4.40. The standard InChI is InChI=1S/C36H38N2O4/c1-27-32(15-10-16-34(27)30-13-5-3-6-14-30)26-41-33-19-18-31(24-38-20-8-4-7-17-36(39)40-2)35(22-33)42-25-29-12-9-11-28(21-29)23-37/h3,5-6,9-16,18-19,21-22,38H,4,7-8,17,20,24-26H2,1-2H3. The molecule has 1 N–H and O–H groups in total. The van der Waals surface area contributed by atoms with Gasteiger partial charge in [0.2, 0.25) is 0 Å². The molecule has 0 aromatic heterocycles. The van der Waals surface area contributed by atoms with E-state index in [-0.39, 0.29) is 5.97 Å². The number of methoxy groups -OCH3 is 1. The number of ether oxygens (including phenoxy) is 3. The Hall–Kier alpha value is -4.60. The van der Waals surface area contributed by atoms with Gasteiger partial charge in [-0.2, -0.15) is 5.26 Å². The van der Waals surface area contributed by atoms with E-state index >= 15 is 0 Å². The number of carbonyl (C=O) groups excluding carboxylic acids is 1. The lowest BCUT2D eigenvalue weighted by molar-refractivity contribution is -0.140. The highest BCUT2D eigenvalue weighted by atomic mass is 16.5. The number of nitriles is 1. The van der Waals surface area contributed by atoms with E-state index < -0.39 is 0 Å². The van der Waals surface area contributed by atoms with Gasteiger partial charge in [0.25, 0.3) is 0 Å². The van der Waals surface area contributed by atoms with Crippen LogP contribution in [-0.2, 0) is 29.3 Å². The third-order valence-corrected chi connectivity index (χ3v) is 7.19. The van der Waals surface area contributed by atoms with Crippen molar-refractivity contribution in [2.45, 2.75) is 52.4 Å². The summed E-state index contributed by atoms with van der Waals surface area (Å²) in [6.07, 6.45) is 3.21. The summed E-state index contributed by atoms with van der Waals surface area (Å²) in [5, 5.41) is 12.7. The summed E-state index contributed by atoms with van der Waals surface area (Å²) in [5.41, 5.74) is 7.28. The molecular formula is C36H38N2O4. The number of hydrogen-bond acceptors (Lipinski definition) is 6. The predicted octanol–water partition coefficient (Wildman–Crippen LogP) is 7.51. The van der Waals surface area contributed by atoms with E-state index in [1.807, 2.05) is 42.5 Å². The minimum absolute atomic E-state index is 0.161. The van der Waals surface area contributed by atoms with Gasteiger partial charge in [0, 0.05) is 24.6 Å². The van der Waals surface area contributed by atoms with Gasteiger partial charge in [-0.15, -0.1) is 0 Å². The normalized spacial score (nSPS) is 10.6. The Bertz CT molecular complexity index is 1490. The van der Waals surface area contributed by atoms with Crippen molar-refractivity contribution in [2.24, 2.45) is 0 Å². The molecule has 0 radical (unpaired) electrons. The highest BCUT2D eigenvalue weighted by Crippen LogP contribution is 2.29. The number of benzene rings is 4. The molecule has 4 aromatic carbocycles. The van der Waals surface area contributed by atoms with Crippen molar-refractivity contribution in [2.75, 3.05) is 13.7 Å². The lowest BCUT2D eigenvalue weighted by Crippen LogP contribution is -2.15. The zero-order chi connectivity index (χ0) is 29.6. The Morgan fingerprint density at radius 3 is 2.48 bits per heavy atom. The Balaban J connectivity index is 1.42. The summed E-state index contributed by atoms with van der Waals surface area (Å²) >= 11 is 0. The Labute approximate surface area is 248 Å². The monoisotopic (exact) mass is 562 g/mol. The first-order valence-electron chi connectivity index (χ1n) is 14.4. The van der Waals surface area contributed by atoms with Crippen LogP contribution in [0, 0.1) is 18.3 Å². The number of unbranched alkanes of at least 4 members (excludes halogenated alkanes) is 2. The second-order valence-corrected chi connectivity index (χ2v) is 10.2. The van der Waals surface area contributed by atoms with Crippen LogP contribution in [0.2, 0.25) is 0 Å². The summed E-state index contributed by atoms with van der Waals surface area (Å²) in [7, 11) is 1.42. The van der Waals surface area contributed by atoms with Crippen molar-refractivity contribution < 1.29 is 19.0 Å². The Morgan fingerprint density at radius 2 is 1.67 bits per heavy atom. The number of nitrogens with zero attached hydrogens (tertiary/aromatic N) is 1. The maximum atomic E-state index is 11.3. The minimum Gasteiger partial charge on any atom is -0.489 e. The van der Waals surface area contributed by atoms with E-state index in [0.29, 0.717) is 31.7 Å². The first-order chi connectivity index (χ1) is 20.6. The number of carbonyl (C=O) groups is 1. The van der Waals surface area contributed by atoms with Crippen LogP contribution in [0.5, 0.6) is 11.5 Å². The van der Waals surface area contributed by atoms with Gasteiger partial charge in [0.05, 0.1) is 18.7 Å². The lowest BCUT2D eigenvalue weighted by Gasteiger charge is -2.16. The van der Waals surface area contributed by atoms with Gasteiger partial charge in [0.1, 0.15) is 24.7 Å². The van der Waals surface area contributed by atoms with Crippen LogP contribution in [0.15, 0.2) is 91.0 Å². The average Bonchev–Trinajstić information content (AvgIpc) is 3.03. The van der Waals surface area contributed by atoms with Crippen LogP contribution in [0.25, 0.3) is 11.1 Å². The smallest absolute Gasteiger partial charge is 0.305 e. The van der Waals surface area contributed by atoms with Crippen LogP contribution < -0.4 is 14.8 Å². The molecule has 0 aliphatic heterocycles. The average molecular weight is 563 g/mol. The highest BCUT2D eigenvalue weighted by Gasteiger charge is 2.10. The van der Waals surface area contributed by atoms with Crippen LogP contribution in [0.4, 0.5) is 0 Å². The van der Waals surface area contributed by atoms with Gasteiger partial charge < -0.3 is 19.5 Å². The predicted molar refractivity (Wildman–Crippen MR) is 165 cm³/mol. The van der Waals surface area contributed by atoms with Crippen LogP contribution in [0.1, 0.15) is 53.5 Å². The van der Waals surface area contributed by atoms with E-state index in [4.69, 9.17) is 14.2 Å². The number of nitrogens with one attached hydrogen (secondary N) is 1. The SMILES string of the molecule is COC(=O)CCCCCNCc1ccc(OCc2cccc(-c3ccccc3)c2C)cc1OCc1cccc(C#N)c1. The summed E-state index contributed by atoms with van der Waals surface area (Å²) < 4.78 is 17.2. The zero-order valence-electron chi connectivity index (χ0n) is 24.4. The van der Waals surface area contributed by atoms with Gasteiger partial charge in [-0.1, -0.05) is 73.2 Å². The van der Waals surface area contributed by atoms with Crippen molar-refractivity contribution in [3.8, 4) is 28.7 Å². The Morgan fingerprint density at radius 1 is 0.833 bits per heavy atom. The molecular weight excluding hydrogens is 524 g/mol. The summed E-state index contributed by atoms with van der Waals surface area (Å²) in [4.78, 5) is 11.3. The molecule has 0 heterocycles. The maximum Gasteiger partial charge on any atom is 0.305 e. The molecule has 0 unspecified atom stereocenters. The van der Waals surface area contributed by atoms with Crippen molar-refractivity contribution in [1.82, 2.24) is 5.32 Å². The van der Waals surface area contributed by atoms with E-state index in [9.17, 15) is 10.1 Å². The quantitative estimate of drug-likeness (QED) is 0.119. The largest absolute Gasteiger partial charge is 0.489 e.